The summed E-state index contributed by atoms with van der Waals surface area (Å²) in [7, 11) is -3.38. The molecule has 26 heavy (non-hydrogen) atoms. The molecule has 0 unspecified atom stereocenters. The molecule has 0 N–H and O–H groups in total. The van der Waals surface area contributed by atoms with E-state index < -0.39 is 21.7 Å². The summed E-state index contributed by atoms with van der Waals surface area (Å²) in [6.45, 7) is 19.7. The van der Waals surface area contributed by atoms with E-state index in [0.29, 0.717) is 0 Å². The summed E-state index contributed by atoms with van der Waals surface area (Å²) in [6.07, 6.45) is -0.160. The maximum absolute atomic E-state index is 13.3. The monoisotopic (exact) mass is 395 g/mol. The molecule has 0 saturated heterocycles. The summed E-state index contributed by atoms with van der Waals surface area (Å²) < 4.78 is 7.94. The first-order valence-electron chi connectivity index (χ1n) is 10.6. The highest BCUT2D eigenvalue weighted by Crippen LogP contribution is 2.25. The molecule has 0 aliphatic heterocycles. The third-order valence-corrected chi connectivity index (χ3v) is 17.7. The Morgan fingerprint density at radius 1 is 0.808 bits per heavy atom. The summed E-state index contributed by atoms with van der Waals surface area (Å²) in [6, 6.07) is 11.6. The molecule has 0 fully saturated rings. The number of rotatable bonds is 8. The quantitative estimate of drug-likeness (QED) is 0.528. The van der Waals surface area contributed by atoms with Crippen molar-refractivity contribution >= 4 is 32.9 Å². The van der Waals surface area contributed by atoms with E-state index in [1.54, 1.807) is 0 Å². The lowest BCUT2D eigenvalue weighted by Gasteiger charge is -2.34. The van der Waals surface area contributed by atoms with Gasteiger partial charge in [-0.3, -0.25) is 4.57 Å². The van der Waals surface area contributed by atoms with Crippen LogP contribution in [0.1, 0.15) is 62.3 Å². The van der Waals surface area contributed by atoms with E-state index in [9.17, 15) is 4.79 Å². The van der Waals surface area contributed by atoms with Crippen molar-refractivity contribution < 1.29 is 9.53 Å². The van der Waals surface area contributed by atoms with Crippen molar-refractivity contribution in [2.75, 3.05) is 0 Å². The second-order valence-electron chi connectivity index (χ2n) is 8.60. The van der Waals surface area contributed by atoms with Crippen molar-refractivity contribution in [2.45, 2.75) is 104 Å². The first kappa shape index (κ1) is 23.2. The SMILES string of the molecule is CC[Si](CC)(CC)c1ccc([Si](CC)(CC)CC)n1C(=O)OC(C)(C)C. The van der Waals surface area contributed by atoms with Gasteiger partial charge >= 0.3 is 6.09 Å². The molecule has 0 bridgehead atoms. The molecule has 0 aliphatic carbocycles. The summed E-state index contributed by atoms with van der Waals surface area (Å²) in [5.74, 6) is 0. The minimum Gasteiger partial charge on any atom is -0.443 e. The molecule has 0 aliphatic rings. The van der Waals surface area contributed by atoms with E-state index in [0.717, 1.165) is 0 Å². The fourth-order valence-electron chi connectivity index (χ4n) is 4.36. The molecule has 0 amide bonds. The molecule has 1 rings (SSSR count). The Balaban J connectivity index is 3.72. The molecule has 1 aromatic heterocycles. The van der Waals surface area contributed by atoms with Gasteiger partial charge in [0.2, 0.25) is 0 Å². The standard InChI is InChI=1S/C21H41NO2Si2/c1-10-25(11-2,12-3)18-16-17-19(26(13-4,14-5)15-6)22(18)20(23)24-21(7,8)9/h16-17H,10-15H2,1-9H3. The van der Waals surface area contributed by atoms with Crippen molar-refractivity contribution in [3.63, 3.8) is 0 Å². The van der Waals surface area contributed by atoms with Crippen LogP contribution in [0.5, 0.6) is 0 Å². The van der Waals surface area contributed by atoms with Gasteiger partial charge in [-0.05, 0) is 32.9 Å². The van der Waals surface area contributed by atoms with Crippen molar-refractivity contribution in [1.29, 1.82) is 0 Å². The van der Waals surface area contributed by atoms with Crippen LogP contribution in [0.15, 0.2) is 12.1 Å². The van der Waals surface area contributed by atoms with Gasteiger partial charge in [0.15, 0.2) is 0 Å². The fourth-order valence-corrected chi connectivity index (χ4v) is 11.9. The van der Waals surface area contributed by atoms with Crippen LogP contribution in [-0.2, 0) is 4.74 Å². The zero-order valence-corrected chi connectivity index (χ0v) is 20.7. The van der Waals surface area contributed by atoms with Crippen molar-refractivity contribution in [3.8, 4) is 0 Å². The molecule has 3 nitrogen and oxygen atoms in total. The van der Waals surface area contributed by atoms with E-state index in [4.69, 9.17) is 4.74 Å². The Labute approximate surface area is 163 Å². The van der Waals surface area contributed by atoms with E-state index in [-0.39, 0.29) is 6.09 Å². The average Bonchev–Trinajstić information content (AvgIpc) is 3.04. The lowest BCUT2D eigenvalue weighted by molar-refractivity contribution is 0.0546. The molecule has 1 heterocycles. The van der Waals surface area contributed by atoms with Gasteiger partial charge in [-0.1, -0.05) is 77.8 Å². The largest absolute Gasteiger partial charge is 0.443 e. The lowest BCUT2D eigenvalue weighted by atomic mass is 10.2. The highest BCUT2D eigenvalue weighted by atomic mass is 28.3. The van der Waals surface area contributed by atoms with E-state index in [2.05, 4.69) is 58.2 Å². The molecule has 5 heteroatoms. The van der Waals surface area contributed by atoms with Gasteiger partial charge in [0.05, 0.1) is 0 Å². The van der Waals surface area contributed by atoms with Gasteiger partial charge in [0, 0.05) is 10.6 Å². The van der Waals surface area contributed by atoms with Gasteiger partial charge in [-0.15, -0.1) is 0 Å². The first-order chi connectivity index (χ1) is 12.1. The van der Waals surface area contributed by atoms with Gasteiger partial charge < -0.3 is 4.74 Å². The molecular weight excluding hydrogens is 354 g/mol. The van der Waals surface area contributed by atoms with Crippen LogP contribution in [-0.4, -0.2) is 32.4 Å². The van der Waals surface area contributed by atoms with Crippen molar-refractivity contribution in [3.05, 3.63) is 12.1 Å². The predicted octanol–water partition coefficient (Wildman–Crippen LogP) is 5.70. The lowest BCUT2D eigenvalue weighted by Crippen LogP contribution is -2.58. The number of carbonyl (C=O) groups excluding carboxylic acids is 1. The third kappa shape index (κ3) is 4.36. The Bertz CT molecular complexity index is 540. The van der Waals surface area contributed by atoms with Gasteiger partial charge in [0.25, 0.3) is 0 Å². The number of hydrogen-bond acceptors (Lipinski definition) is 2. The Morgan fingerprint density at radius 3 is 1.35 bits per heavy atom. The minimum absolute atomic E-state index is 0.160. The highest BCUT2D eigenvalue weighted by Gasteiger charge is 2.40. The normalized spacial score (nSPS) is 13.1. The maximum atomic E-state index is 13.3. The van der Waals surface area contributed by atoms with Crippen molar-refractivity contribution in [2.24, 2.45) is 0 Å². The topological polar surface area (TPSA) is 31.2 Å². The smallest absolute Gasteiger partial charge is 0.418 e. The van der Waals surface area contributed by atoms with Crippen LogP contribution in [0.4, 0.5) is 4.79 Å². The van der Waals surface area contributed by atoms with Gasteiger partial charge in [-0.2, -0.15) is 0 Å². The highest BCUT2D eigenvalue weighted by molar-refractivity contribution is 6.94. The predicted molar refractivity (Wildman–Crippen MR) is 120 cm³/mol. The second-order valence-corrected chi connectivity index (χ2v) is 19.0. The number of ether oxygens (including phenoxy) is 1. The summed E-state index contributed by atoms with van der Waals surface area (Å²) in [4.78, 5) is 13.3. The number of carbonyl (C=O) groups is 1. The molecule has 0 saturated carbocycles. The van der Waals surface area contributed by atoms with E-state index in [1.807, 2.05) is 20.8 Å². The second kappa shape index (κ2) is 8.92. The molecule has 150 valence electrons. The minimum atomic E-state index is -1.69. The van der Waals surface area contributed by atoms with Gasteiger partial charge in [0.1, 0.15) is 21.7 Å². The van der Waals surface area contributed by atoms with Gasteiger partial charge in [-0.25, -0.2) is 4.79 Å². The van der Waals surface area contributed by atoms with Crippen LogP contribution < -0.4 is 10.6 Å². The Morgan fingerprint density at radius 2 is 1.12 bits per heavy atom. The molecule has 0 spiro atoms. The zero-order valence-electron chi connectivity index (χ0n) is 18.7. The molecule has 0 aromatic carbocycles. The summed E-state index contributed by atoms with van der Waals surface area (Å²) in [5.41, 5.74) is -0.473. The summed E-state index contributed by atoms with van der Waals surface area (Å²) in [5, 5.41) is 2.59. The zero-order chi connectivity index (χ0) is 20.2. The van der Waals surface area contributed by atoms with Crippen LogP contribution >= 0.6 is 0 Å². The molecule has 0 atom stereocenters. The third-order valence-electron chi connectivity index (χ3n) is 6.60. The number of hydrogen-bond donors (Lipinski definition) is 0. The fraction of sp³-hybridized carbons (Fsp3) is 0.762. The summed E-state index contributed by atoms with van der Waals surface area (Å²) >= 11 is 0. The van der Waals surface area contributed by atoms with Crippen molar-refractivity contribution in [1.82, 2.24) is 4.57 Å². The number of nitrogens with zero attached hydrogens (tertiary/aromatic N) is 1. The van der Waals surface area contributed by atoms with Crippen LogP contribution in [0.2, 0.25) is 36.3 Å². The maximum Gasteiger partial charge on any atom is 0.418 e. The average molecular weight is 396 g/mol. The van der Waals surface area contributed by atoms with Crippen LogP contribution in [0, 0.1) is 0 Å². The Hall–Kier alpha value is -0.816. The van der Waals surface area contributed by atoms with E-state index >= 15 is 0 Å². The number of aromatic nitrogens is 1. The Kier molecular flexibility index (Phi) is 7.96. The molecular formula is C21H41NO2Si2. The molecule has 0 radical (unpaired) electrons. The van der Waals surface area contributed by atoms with Crippen LogP contribution in [0.3, 0.4) is 0 Å². The molecule has 1 aromatic rings. The van der Waals surface area contributed by atoms with E-state index in [1.165, 1.54) is 46.9 Å². The first-order valence-corrected chi connectivity index (χ1v) is 15.8. The van der Waals surface area contributed by atoms with Crippen LogP contribution in [0.25, 0.3) is 0 Å².